The summed E-state index contributed by atoms with van der Waals surface area (Å²) in [7, 11) is 0. The maximum atomic E-state index is 14.4. The van der Waals surface area contributed by atoms with E-state index in [2.05, 4.69) is 10.6 Å². The first-order chi connectivity index (χ1) is 17.9. The van der Waals surface area contributed by atoms with Gasteiger partial charge >= 0.3 is 6.09 Å². The van der Waals surface area contributed by atoms with Crippen molar-refractivity contribution in [3.8, 4) is 5.75 Å². The van der Waals surface area contributed by atoms with Gasteiger partial charge in [-0.25, -0.2) is 9.18 Å². The molecule has 0 bridgehead atoms. The Morgan fingerprint density at radius 3 is 2.70 bits per heavy atom. The van der Waals surface area contributed by atoms with Crippen molar-refractivity contribution in [2.75, 3.05) is 39.4 Å². The van der Waals surface area contributed by atoms with E-state index in [0.29, 0.717) is 63.5 Å². The van der Waals surface area contributed by atoms with E-state index in [1.165, 1.54) is 24.0 Å². The zero-order valence-corrected chi connectivity index (χ0v) is 21.0. The van der Waals surface area contributed by atoms with Crippen LogP contribution in [0.25, 0.3) is 0 Å². The van der Waals surface area contributed by atoms with Crippen molar-refractivity contribution in [1.82, 2.24) is 20.4 Å². The zero-order valence-electron chi connectivity index (χ0n) is 21.0. The highest BCUT2D eigenvalue weighted by atomic mass is 19.1. The minimum Gasteiger partial charge on any atom is -0.492 e. The molecule has 3 amide bonds. The van der Waals surface area contributed by atoms with Crippen LogP contribution in [0.3, 0.4) is 0 Å². The highest BCUT2D eigenvalue weighted by Gasteiger charge is 2.31. The molecular formula is C27H33FN4O5. The Labute approximate surface area is 215 Å². The number of cyclic esters (lactones) is 1. The largest absolute Gasteiger partial charge is 0.492 e. The topological polar surface area (TPSA) is 100 Å². The Morgan fingerprint density at radius 2 is 1.97 bits per heavy atom. The number of nitrogens with zero attached hydrogens (tertiary/aromatic N) is 2. The number of halogens is 1. The molecule has 198 valence electrons. The van der Waals surface area contributed by atoms with Gasteiger partial charge in [0.1, 0.15) is 24.8 Å². The van der Waals surface area contributed by atoms with Crippen molar-refractivity contribution in [2.45, 2.75) is 38.4 Å². The molecule has 0 unspecified atom stereocenters. The molecule has 10 heteroatoms. The Hall–Kier alpha value is -3.66. The lowest BCUT2D eigenvalue weighted by atomic mass is 9.97. The van der Waals surface area contributed by atoms with E-state index in [9.17, 15) is 18.8 Å². The number of benzene rings is 2. The summed E-state index contributed by atoms with van der Waals surface area (Å²) >= 11 is 0. The average molecular weight is 513 g/mol. The SMILES string of the molecule is CC(=O)N[C@@H](Cc1cc(F)cc(OCCN2CCOC2=O)c1)C[C@@H]1NCCN(Cc2ccccc2)C1=O. The van der Waals surface area contributed by atoms with Crippen molar-refractivity contribution >= 4 is 17.9 Å². The van der Waals surface area contributed by atoms with Crippen LogP contribution in [0.1, 0.15) is 24.5 Å². The number of rotatable bonds is 11. The maximum absolute atomic E-state index is 14.4. The summed E-state index contributed by atoms with van der Waals surface area (Å²) in [6.45, 7) is 4.62. The number of amides is 3. The van der Waals surface area contributed by atoms with Gasteiger partial charge in [-0.15, -0.1) is 0 Å². The first-order valence-corrected chi connectivity index (χ1v) is 12.5. The molecule has 2 N–H and O–H groups in total. The van der Waals surface area contributed by atoms with Crippen LogP contribution in [-0.2, 0) is 27.3 Å². The van der Waals surface area contributed by atoms with Gasteiger partial charge < -0.3 is 29.9 Å². The van der Waals surface area contributed by atoms with Crippen LogP contribution in [0, 0.1) is 5.82 Å². The molecule has 2 fully saturated rings. The number of carbonyl (C=O) groups excluding carboxylic acids is 3. The van der Waals surface area contributed by atoms with E-state index in [-0.39, 0.29) is 30.6 Å². The van der Waals surface area contributed by atoms with Crippen LogP contribution in [0.2, 0.25) is 0 Å². The number of carbonyl (C=O) groups is 3. The molecule has 9 nitrogen and oxygen atoms in total. The molecule has 37 heavy (non-hydrogen) atoms. The van der Waals surface area contributed by atoms with Gasteiger partial charge in [0.05, 0.1) is 19.1 Å². The smallest absolute Gasteiger partial charge is 0.410 e. The van der Waals surface area contributed by atoms with E-state index in [4.69, 9.17) is 9.47 Å². The molecule has 0 aliphatic carbocycles. The molecule has 0 spiro atoms. The van der Waals surface area contributed by atoms with E-state index < -0.39 is 11.9 Å². The highest BCUT2D eigenvalue weighted by Crippen LogP contribution is 2.20. The summed E-state index contributed by atoms with van der Waals surface area (Å²) in [5.41, 5.74) is 1.70. The van der Waals surface area contributed by atoms with Crippen molar-refractivity contribution < 1.29 is 28.2 Å². The number of piperazine rings is 1. The minimum absolute atomic E-state index is 0.0193. The number of ether oxygens (including phenoxy) is 2. The lowest BCUT2D eigenvalue weighted by Gasteiger charge is -2.35. The van der Waals surface area contributed by atoms with Crippen molar-refractivity contribution in [3.63, 3.8) is 0 Å². The summed E-state index contributed by atoms with van der Waals surface area (Å²) < 4.78 is 25.0. The Bertz CT molecular complexity index is 1100. The van der Waals surface area contributed by atoms with Crippen LogP contribution in [0.4, 0.5) is 9.18 Å². The number of hydrogen-bond donors (Lipinski definition) is 2. The van der Waals surface area contributed by atoms with Crippen molar-refractivity contribution in [3.05, 3.63) is 65.5 Å². The molecular weight excluding hydrogens is 479 g/mol. The fourth-order valence-corrected chi connectivity index (χ4v) is 4.71. The fourth-order valence-electron chi connectivity index (χ4n) is 4.71. The van der Waals surface area contributed by atoms with Gasteiger partial charge in [0.2, 0.25) is 11.8 Å². The monoisotopic (exact) mass is 512 g/mol. The van der Waals surface area contributed by atoms with Gasteiger partial charge in [-0.2, -0.15) is 0 Å². The second kappa shape index (κ2) is 12.5. The van der Waals surface area contributed by atoms with E-state index >= 15 is 0 Å². The minimum atomic E-state index is -0.462. The molecule has 2 atom stereocenters. The molecule has 0 radical (unpaired) electrons. The van der Waals surface area contributed by atoms with E-state index in [1.807, 2.05) is 35.2 Å². The second-order valence-corrected chi connectivity index (χ2v) is 9.33. The molecule has 2 aliphatic rings. The van der Waals surface area contributed by atoms with E-state index in [1.54, 1.807) is 6.07 Å². The summed E-state index contributed by atoms with van der Waals surface area (Å²) in [5, 5.41) is 6.19. The average Bonchev–Trinajstić information content (AvgIpc) is 3.26. The molecule has 0 saturated carbocycles. The van der Waals surface area contributed by atoms with Gasteiger partial charge in [-0.05, 0) is 36.1 Å². The van der Waals surface area contributed by atoms with Crippen LogP contribution in [0.5, 0.6) is 5.75 Å². The zero-order chi connectivity index (χ0) is 26.2. The summed E-state index contributed by atoms with van der Waals surface area (Å²) in [4.78, 5) is 40.0. The number of hydrogen-bond acceptors (Lipinski definition) is 6. The lowest BCUT2D eigenvalue weighted by Crippen LogP contribution is -2.56. The van der Waals surface area contributed by atoms with Crippen molar-refractivity contribution in [1.29, 1.82) is 0 Å². The molecule has 4 rings (SSSR count). The quantitative estimate of drug-likeness (QED) is 0.478. The van der Waals surface area contributed by atoms with E-state index in [0.717, 1.165) is 5.56 Å². The summed E-state index contributed by atoms with van der Waals surface area (Å²) in [6.07, 6.45) is 0.318. The standard InChI is InChI=1S/C27H33FN4O5/c1-19(33)30-23(17-25-26(34)32(8-7-29-25)18-20-5-3-2-4-6-20)14-21-13-22(28)16-24(15-21)36-11-9-31-10-12-37-27(31)35/h2-6,13,15-16,23,25,29H,7-12,14,17-18H2,1H3,(H,30,33)/t23-,25-/m0/s1. The first kappa shape index (κ1) is 26.4. The Kier molecular flexibility index (Phi) is 8.95. The first-order valence-electron chi connectivity index (χ1n) is 12.5. The van der Waals surface area contributed by atoms with Crippen LogP contribution in [0.15, 0.2) is 48.5 Å². The predicted octanol–water partition coefficient (Wildman–Crippen LogP) is 2.09. The fraction of sp³-hybridized carbons (Fsp3) is 0.444. The molecule has 2 aromatic rings. The van der Waals surface area contributed by atoms with Gasteiger partial charge in [-0.3, -0.25) is 9.59 Å². The van der Waals surface area contributed by atoms with Crippen molar-refractivity contribution in [2.24, 2.45) is 0 Å². The molecule has 2 saturated heterocycles. The van der Waals surface area contributed by atoms with Crippen LogP contribution in [-0.4, -0.2) is 79.2 Å². The summed E-state index contributed by atoms with van der Waals surface area (Å²) in [6, 6.07) is 13.4. The Morgan fingerprint density at radius 1 is 1.16 bits per heavy atom. The molecule has 2 aliphatic heterocycles. The third-order valence-electron chi connectivity index (χ3n) is 6.41. The predicted molar refractivity (Wildman–Crippen MR) is 134 cm³/mol. The molecule has 2 aromatic carbocycles. The van der Waals surface area contributed by atoms with Crippen LogP contribution >= 0.6 is 0 Å². The van der Waals surface area contributed by atoms with Crippen LogP contribution < -0.4 is 15.4 Å². The van der Waals surface area contributed by atoms with Gasteiger partial charge in [0, 0.05) is 38.7 Å². The number of nitrogens with one attached hydrogen (secondary N) is 2. The molecule has 2 heterocycles. The third kappa shape index (κ3) is 7.66. The normalized spacial score (nSPS) is 18.5. The highest BCUT2D eigenvalue weighted by molar-refractivity contribution is 5.83. The molecule has 0 aromatic heterocycles. The second-order valence-electron chi connectivity index (χ2n) is 9.33. The summed E-state index contributed by atoms with van der Waals surface area (Å²) in [5.74, 6) is -0.366. The Balaban J connectivity index is 1.38. The third-order valence-corrected chi connectivity index (χ3v) is 6.41. The van der Waals surface area contributed by atoms with Gasteiger partial charge in [0.25, 0.3) is 0 Å². The lowest BCUT2D eigenvalue weighted by molar-refractivity contribution is -0.137. The maximum Gasteiger partial charge on any atom is 0.410 e. The van der Waals surface area contributed by atoms with Gasteiger partial charge in [-0.1, -0.05) is 30.3 Å². The van der Waals surface area contributed by atoms with Gasteiger partial charge in [0.15, 0.2) is 0 Å².